The van der Waals surface area contributed by atoms with E-state index in [1.165, 1.54) is 0 Å². The van der Waals surface area contributed by atoms with Gasteiger partial charge in [0.15, 0.2) is 0 Å². The van der Waals surface area contributed by atoms with Gasteiger partial charge in [0.25, 0.3) is 0 Å². The molecule has 0 aliphatic heterocycles. The Hall–Kier alpha value is -2.30. The molecule has 164 valence electrons. The summed E-state index contributed by atoms with van der Waals surface area (Å²) >= 11 is 0. The zero-order valence-corrected chi connectivity index (χ0v) is 12.1. The third-order valence-corrected chi connectivity index (χ3v) is 2.30. The molecular weight excluding hydrogens is 450 g/mol. The number of carbonyl (C=O) groups excluding carboxylic acids is 2. The summed E-state index contributed by atoms with van der Waals surface area (Å²) in [6.45, 7) is 0. The molecule has 0 atom stereocenters. The lowest BCUT2D eigenvalue weighted by atomic mass is 10.3. The Bertz CT molecular complexity index is 540. The third-order valence-electron chi connectivity index (χ3n) is 2.30. The average Bonchev–Trinajstić information content (AvgIpc) is 2.40. The number of alkyl halides is 14. The minimum absolute atomic E-state index is 0.971. The highest BCUT2D eigenvalue weighted by molar-refractivity contribution is 5.92. The smallest absolute Gasteiger partial charge is 0.409 e. The first-order valence-electron chi connectivity index (χ1n) is 5.78. The molecule has 0 aromatic carbocycles. The number of halogens is 14. The van der Waals surface area contributed by atoms with Crippen molar-refractivity contribution in [3.05, 3.63) is 12.2 Å². The molecule has 0 unspecified atom stereocenters. The van der Waals surface area contributed by atoms with Crippen molar-refractivity contribution >= 4 is 11.9 Å². The predicted octanol–water partition coefficient (Wildman–Crippen LogP) is 4.21. The van der Waals surface area contributed by atoms with Gasteiger partial charge in [-0.25, -0.2) is 9.59 Å². The molecule has 0 aliphatic rings. The molecule has 4 nitrogen and oxygen atoms in total. The van der Waals surface area contributed by atoms with Crippen LogP contribution in [0.15, 0.2) is 12.2 Å². The second kappa shape index (κ2) is 7.26. The summed E-state index contributed by atoms with van der Waals surface area (Å²) in [6.07, 6.45) is -29.6. The fourth-order valence-electron chi connectivity index (χ4n) is 1.03. The number of esters is 2. The van der Waals surface area contributed by atoms with Crippen molar-refractivity contribution in [2.24, 2.45) is 0 Å². The van der Waals surface area contributed by atoms with E-state index in [1.54, 1.807) is 0 Å². The van der Waals surface area contributed by atoms with Crippen LogP contribution in [0.2, 0.25) is 0 Å². The van der Waals surface area contributed by atoms with Gasteiger partial charge in [0.1, 0.15) is 0 Å². The molecule has 0 amide bonds. The van der Waals surface area contributed by atoms with Crippen LogP contribution in [-0.2, 0) is 19.1 Å². The van der Waals surface area contributed by atoms with E-state index in [-0.39, 0.29) is 0 Å². The SMILES string of the molecule is O=C(C=CC(=O)OC(F)(C(F)(F)F)C(F)(F)F)OC(F)(C(F)(F)F)C(F)(F)F. The molecule has 0 heterocycles. The molecule has 0 spiro atoms. The quantitative estimate of drug-likeness (QED) is 0.365. The van der Waals surface area contributed by atoms with Crippen LogP contribution in [0, 0.1) is 0 Å². The Labute approximate surface area is 142 Å². The Kier molecular flexibility index (Phi) is 6.67. The zero-order chi connectivity index (χ0) is 23.0. The summed E-state index contributed by atoms with van der Waals surface area (Å²) < 4.78 is 175. The van der Waals surface area contributed by atoms with Gasteiger partial charge in [-0.1, -0.05) is 0 Å². The van der Waals surface area contributed by atoms with Gasteiger partial charge in [0.05, 0.1) is 0 Å². The van der Waals surface area contributed by atoms with Gasteiger partial charge in [0.2, 0.25) is 0 Å². The largest absolute Gasteiger partial charge is 0.470 e. The third kappa shape index (κ3) is 5.15. The monoisotopic (exact) mass is 452 g/mol. The molecule has 0 fully saturated rings. The van der Waals surface area contributed by atoms with Crippen LogP contribution in [0.3, 0.4) is 0 Å². The number of ether oxygens (including phenoxy) is 2. The van der Waals surface area contributed by atoms with Crippen molar-refractivity contribution in [3.8, 4) is 0 Å². The summed E-state index contributed by atoms with van der Waals surface area (Å²) in [5, 5.41) is 0. The molecule has 0 aromatic rings. The van der Waals surface area contributed by atoms with Gasteiger partial charge in [0, 0.05) is 12.2 Å². The van der Waals surface area contributed by atoms with Gasteiger partial charge in [-0.3, -0.25) is 0 Å². The topological polar surface area (TPSA) is 52.6 Å². The summed E-state index contributed by atoms with van der Waals surface area (Å²) in [5.74, 6) is -19.4. The van der Waals surface area contributed by atoms with Crippen molar-refractivity contribution in [1.29, 1.82) is 0 Å². The van der Waals surface area contributed by atoms with E-state index in [0.29, 0.717) is 0 Å². The van der Waals surface area contributed by atoms with Crippen LogP contribution in [0.1, 0.15) is 0 Å². The molecule has 0 bridgehead atoms. The Morgan fingerprint density at radius 3 is 0.786 bits per heavy atom. The lowest BCUT2D eigenvalue weighted by Gasteiger charge is -2.28. The Morgan fingerprint density at radius 1 is 0.464 bits per heavy atom. The van der Waals surface area contributed by atoms with Gasteiger partial charge in [-0.05, 0) is 0 Å². The van der Waals surface area contributed by atoms with E-state index >= 15 is 0 Å². The molecule has 0 aliphatic carbocycles. The summed E-state index contributed by atoms with van der Waals surface area (Å²) in [5.41, 5.74) is 0. The van der Waals surface area contributed by atoms with Gasteiger partial charge >= 0.3 is 48.4 Å². The highest BCUT2D eigenvalue weighted by Crippen LogP contribution is 2.48. The normalized spacial score (nSPS) is 14.9. The second-order valence-electron chi connectivity index (χ2n) is 4.36. The summed E-state index contributed by atoms with van der Waals surface area (Å²) in [6, 6.07) is 0. The second-order valence-corrected chi connectivity index (χ2v) is 4.36. The molecule has 0 radical (unpaired) electrons. The summed E-state index contributed by atoms with van der Waals surface area (Å²) in [7, 11) is 0. The van der Waals surface area contributed by atoms with Crippen molar-refractivity contribution < 1.29 is 80.5 Å². The first-order valence-corrected chi connectivity index (χ1v) is 5.78. The maximum absolute atomic E-state index is 13.0. The average molecular weight is 452 g/mol. The first-order chi connectivity index (χ1) is 12.0. The molecule has 0 saturated carbocycles. The van der Waals surface area contributed by atoms with Crippen molar-refractivity contribution in [1.82, 2.24) is 0 Å². The minimum Gasteiger partial charge on any atom is -0.409 e. The van der Waals surface area contributed by atoms with E-state index in [4.69, 9.17) is 0 Å². The van der Waals surface area contributed by atoms with Gasteiger partial charge in [-0.15, -0.1) is 0 Å². The van der Waals surface area contributed by atoms with Crippen LogP contribution in [0.25, 0.3) is 0 Å². The molecule has 0 rings (SSSR count). The van der Waals surface area contributed by atoms with Crippen LogP contribution in [0.4, 0.5) is 61.5 Å². The fraction of sp³-hybridized carbons (Fsp3) is 0.600. The lowest BCUT2D eigenvalue weighted by Crippen LogP contribution is -2.56. The standard InChI is InChI=1S/C10H2F14O4/c11-5(7(13,14)15,8(16,17)18)27-3(25)1-2-4(26)28-6(12,9(19,20)21)10(22,23)24/h1-2H. The maximum Gasteiger partial charge on any atom is 0.470 e. The zero-order valence-electron chi connectivity index (χ0n) is 12.1. The molecule has 0 aromatic heterocycles. The molecule has 18 heteroatoms. The highest BCUT2D eigenvalue weighted by Gasteiger charge is 2.77. The van der Waals surface area contributed by atoms with Gasteiger partial charge < -0.3 is 9.47 Å². The molecule has 0 N–H and O–H groups in total. The number of rotatable bonds is 4. The van der Waals surface area contributed by atoms with E-state index in [2.05, 4.69) is 9.47 Å². The molecule has 28 heavy (non-hydrogen) atoms. The van der Waals surface area contributed by atoms with Crippen LogP contribution in [-0.4, -0.2) is 48.4 Å². The molecule has 0 saturated heterocycles. The number of hydrogen-bond donors (Lipinski definition) is 0. The van der Waals surface area contributed by atoms with E-state index < -0.39 is 60.5 Å². The van der Waals surface area contributed by atoms with E-state index in [1.807, 2.05) is 0 Å². The van der Waals surface area contributed by atoms with E-state index in [0.717, 1.165) is 0 Å². The van der Waals surface area contributed by atoms with Gasteiger partial charge in [-0.2, -0.15) is 61.5 Å². The fourth-order valence-corrected chi connectivity index (χ4v) is 1.03. The van der Waals surface area contributed by atoms with Crippen molar-refractivity contribution in [2.75, 3.05) is 0 Å². The lowest BCUT2D eigenvalue weighted by molar-refractivity contribution is -0.416. The highest BCUT2D eigenvalue weighted by atomic mass is 19.4. The number of hydrogen-bond acceptors (Lipinski definition) is 4. The number of carbonyl (C=O) groups is 2. The molecular formula is C10H2F14O4. The van der Waals surface area contributed by atoms with Crippen LogP contribution < -0.4 is 0 Å². The van der Waals surface area contributed by atoms with Crippen LogP contribution >= 0.6 is 0 Å². The van der Waals surface area contributed by atoms with Crippen LogP contribution in [0.5, 0.6) is 0 Å². The predicted molar refractivity (Wildman–Crippen MR) is 53.2 cm³/mol. The maximum atomic E-state index is 13.0. The van der Waals surface area contributed by atoms with Crippen molar-refractivity contribution in [2.45, 2.75) is 36.4 Å². The summed E-state index contributed by atoms with van der Waals surface area (Å²) in [4.78, 5) is 21.4. The Morgan fingerprint density at radius 2 is 0.643 bits per heavy atom. The van der Waals surface area contributed by atoms with Crippen molar-refractivity contribution in [3.63, 3.8) is 0 Å². The minimum atomic E-state index is -6.92. The Balaban J connectivity index is 5.50. The van der Waals surface area contributed by atoms with E-state index in [9.17, 15) is 71.1 Å². The first kappa shape index (κ1) is 25.7.